The van der Waals surface area contributed by atoms with Crippen molar-refractivity contribution in [2.45, 2.75) is 6.42 Å². The molecule has 0 bridgehead atoms. The zero-order valence-corrected chi connectivity index (χ0v) is 16.4. The quantitative estimate of drug-likeness (QED) is 0.604. The Labute approximate surface area is 166 Å². The molecule has 3 aromatic rings. The molecule has 144 valence electrons. The minimum Gasteiger partial charge on any atom is -0.396 e. The highest BCUT2D eigenvalue weighted by Gasteiger charge is 2.20. The molecule has 0 aliphatic heterocycles. The number of pyridine rings is 1. The molecule has 5 nitrogen and oxygen atoms in total. The Morgan fingerprint density at radius 3 is 2.36 bits per heavy atom. The second kappa shape index (κ2) is 9.15. The van der Waals surface area contributed by atoms with Crippen molar-refractivity contribution in [3.63, 3.8) is 0 Å². The lowest BCUT2D eigenvalue weighted by Crippen LogP contribution is -2.25. The van der Waals surface area contributed by atoms with Crippen molar-refractivity contribution >= 4 is 22.8 Å². The van der Waals surface area contributed by atoms with Gasteiger partial charge < -0.3 is 15.5 Å². The third-order valence-corrected chi connectivity index (χ3v) is 4.58. The fourth-order valence-corrected chi connectivity index (χ4v) is 3.21. The van der Waals surface area contributed by atoms with E-state index in [2.05, 4.69) is 28.9 Å². The zero-order chi connectivity index (χ0) is 19.9. The van der Waals surface area contributed by atoms with Gasteiger partial charge in [0.15, 0.2) is 5.78 Å². The molecule has 0 spiro atoms. The first-order valence-corrected chi connectivity index (χ1v) is 9.38. The Morgan fingerprint density at radius 2 is 1.64 bits per heavy atom. The van der Waals surface area contributed by atoms with Crippen LogP contribution in [0.4, 0.5) is 17.1 Å². The van der Waals surface area contributed by atoms with Crippen LogP contribution in [0.15, 0.2) is 73.1 Å². The summed E-state index contributed by atoms with van der Waals surface area (Å²) in [6, 6.07) is 19.0. The van der Waals surface area contributed by atoms with Crippen LogP contribution in [0.25, 0.3) is 0 Å². The van der Waals surface area contributed by atoms with Gasteiger partial charge in [0.1, 0.15) is 0 Å². The van der Waals surface area contributed by atoms with Gasteiger partial charge in [-0.1, -0.05) is 42.5 Å². The lowest BCUT2D eigenvalue weighted by Gasteiger charge is -2.28. The third kappa shape index (κ3) is 4.56. The Bertz CT molecular complexity index is 925. The van der Waals surface area contributed by atoms with Crippen molar-refractivity contribution in [1.29, 1.82) is 0 Å². The number of carbonyl (C=O) groups is 1. The molecule has 1 aromatic heterocycles. The number of hydrogen-bond acceptors (Lipinski definition) is 5. The van der Waals surface area contributed by atoms with Crippen LogP contribution in [0.3, 0.4) is 0 Å². The summed E-state index contributed by atoms with van der Waals surface area (Å²) in [6.07, 6.45) is 4.31. The lowest BCUT2D eigenvalue weighted by molar-refractivity contribution is 0.103. The number of aromatic nitrogens is 1. The highest BCUT2D eigenvalue weighted by atomic mass is 16.1. The number of benzene rings is 2. The van der Waals surface area contributed by atoms with E-state index in [9.17, 15) is 4.79 Å². The Balaban J connectivity index is 2.03. The van der Waals surface area contributed by atoms with Gasteiger partial charge in [-0.15, -0.1) is 0 Å². The van der Waals surface area contributed by atoms with Gasteiger partial charge in [0.05, 0.1) is 23.3 Å². The summed E-state index contributed by atoms with van der Waals surface area (Å²) < 4.78 is 0. The number of anilines is 3. The monoisotopic (exact) mass is 374 g/mol. The molecule has 1 heterocycles. The van der Waals surface area contributed by atoms with E-state index in [1.165, 1.54) is 0 Å². The normalized spacial score (nSPS) is 10.8. The lowest BCUT2D eigenvalue weighted by atomic mass is 10.0. The number of ketones is 1. The van der Waals surface area contributed by atoms with Crippen LogP contribution in [-0.2, 0) is 0 Å². The first-order valence-electron chi connectivity index (χ1n) is 9.38. The van der Waals surface area contributed by atoms with Crippen LogP contribution >= 0.6 is 0 Å². The van der Waals surface area contributed by atoms with Gasteiger partial charge in [0.2, 0.25) is 0 Å². The van der Waals surface area contributed by atoms with E-state index in [0.717, 1.165) is 30.9 Å². The number of nitrogens with two attached hydrogens (primary N) is 1. The molecular weight excluding hydrogens is 348 g/mol. The largest absolute Gasteiger partial charge is 0.396 e. The van der Waals surface area contributed by atoms with Crippen molar-refractivity contribution in [3.05, 3.63) is 84.2 Å². The van der Waals surface area contributed by atoms with Crippen LogP contribution in [0.1, 0.15) is 22.3 Å². The molecule has 0 amide bonds. The van der Waals surface area contributed by atoms with Crippen molar-refractivity contribution in [1.82, 2.24) is 9.88 Å². The molecule has 0 aliphatic rings. The summed E-state index contributed by atoms with van der Waals surface area (Å²) in [5, 5.41) is 0. The van der Waals surface area contributed by atoms with Gasteiger partial charge in [-0.25, -0.2) is 0 Å². The zero-order valence-electron chi connectivity index (χ0n) is 16.4. The number of nitrogens with zero attached hydrogens (tertiary/aromatic N) is 3. The number of rotatable bonds is 8. The molecule has 28 heavy (non-hydrogen) atoms. The van der Waals surface area contributed by atoms with Crippen LogP contribution in [0, 0.1) is 0 Å². The summed E-state index contributed by atoms with van der Waals surface area (Å²) in [5.41, 5.74) is 9.87. The maximum Gasteiger partial charge on any atom is 0.195 e. The molecule has 0 fully saturated rings. The van der Waals surface area contributed by atoms with Crippen molar-refractivity contribution < 1.29 is 4.79 Å². The van der Waals surface area contributed by atoms with Gasteiger partial charge in [-0.2, -0.15) is 0 Å². The van der Waals surface area contributed by atoms with Crippen LogP contribution in [0.2, 0.25) is 0 Å². The molecule has 0 aliphatic carbocycles. The standard InChI is InChI=1S/C23H26N4O/c1-26(2)15-8-16-27(22-13-14-25-17-20(22)24)21-12-7-6-11-19(21)23(28)18-9-4-3-5-10-18/h3-7,9-14,17H,8,15-16,24H2,1-2H3. The molecule has 2 N–H and O–H groups in total. The van der Waals surface area contributed by atoms with E-state index in [-0.39, 0.29) is 5.78 Å². The van der Waals surface area contributed by atoms with Crippen molar-refractivity contribution in [2.75, 3.05) is 37.8 Å². The second-order valence-corrected chi connectivity index (χ2v) is 6.96. The van der Waals surface area contributed by atoms with E-state index >= 15 is 0 Å². The SMILES string of the molecule is CN(C)CCCN(c1ccncc1N)c1ccccc1C(=O)c1ccccc1. The number of carbonyl (C=O) groups excluding carboxylic acids is 1. The summed E-state index contributed by atoms with van der Waals surface area (Å²) in [5.74, 6) is 0.00133. The number of hydrogen-bond donors (Lipinski definition) is 1. The van der Waals surface area contributed by atoms with Gasteiger partial charge in [-0.3, -0.25) is 9.78 Å². The summed E-state index contributed by atoms with van der Waals surface area (Å²) >= 11 is 0. The summed E-state index contributed by atoms with van der Waals surface area (Å²) in [4.78, 5) is 21.6. The van der Waals surface area contributed by atoms with Crippen LogP contribution in [-0.4, -0.2) is 42.9 Å². The molecule has 3 rings (SSSR count). The van der Waals surface area contributed by atoms with E-state index in [1.54, 1.807) is 12.4 Å². The number of nitrogen functional groups attached to an aromatic ring is 1. The highest BCUT2D eigenvalue weighted by molar-refractivity contribution is 6.12. The molecule has 0 radical (unpaired) electrons. The van der Waals surface area contributed by atoms with Gasteiger partial charge in [0.25, 0.3) is 0 Å². The van der Waals surface area contributed by atoms with Gasteiger partial charge in [0, 0.05) is 23.9 Å². The molecule has 0 saturated heterocycles. The average molecular weight is 374 g/mol. The second-order valence-electron chi connectivity index (χ2n) is 6.96. The molecular formula is C23H26N4O. The Hall–Kier alpha value is -3.18. The molecule has 2 aromatic carbocycles. The van der Waals surface area contributed by atoms with E-state index in [0.29, 0.717) is 16.8 Å². The molecule has 0 atom stereocenters. The maximum atomic E-state index is 13.2. The number of para-hydroxylation sites is 1. The summed E-state index contributed by atoms with van der Waals surface area (Å²) in [6.45, 7) is 1.68. The third-order valence-electron chi connectivity index (χ3n) is 4.58. The van der Waals surface area contributed by atoms with Gasteiger partial charge in [-0.05, 0) is 45.3 Å². The molecule has 0 unspecified atom stereocenters. The predicted octanol–water partition coefficient (Wildman–Crippen LogP) is 3.98. The first kappa shape index (κ1) is 19.6. The van der Waals surface area contributed by atoms with Crippen molar-refractivity contribution in [3.8, 4) is 0 Å². The predicted molar refractivity (Wildman–Crippen MR) is 115 cm³/mol. The van der Waals surface area contributed by atoms with Crippen LogP contribution < -0.4 is 10.6 Å². The Morgan fingerprint density at radius 1 is 0.929 bits per heavy atom. The fourth-order valence-electron chi connectivity index (χ4n) is 3.21. The van der Waals surface area contributed by atoms with E-state index in [4.69, 9.17) is 5.73 Å². The Kier molecular flexibility index (Phi) is 6.40. The minimum absolute atomic E-state index is 0.00133. The van der Waals surface area contributed by atoms with Crippen LogP contribution in [0.5, 0.6) is 0 Å². The average Bonchev–Trinajstić information content (AvgIpc) is 2.72. The molecule has 0 saturated carbocycles. The topological polar surface area (TPSA) is 62.5 Å². The summed E-state index contributed by atoms with van der Waals surface area (Å²) in [7, 11) is 4.11. The maximum absolute atomic E-state index is 13.2. The minimum atomic E-state index is 0.00133. The first-order chi connectivity index (χ1) is 13.6. The van der Waals surface area contributed by atoms with Crippen molar-refractivity contribution in [2.24, 2.45) is 0 Å². The molecule has 5 heteroatoms. The van der Waals surface area contributed by atoms with Gasteiger partial charge >= 0.3 is 0 Å². The highest BCUT2D eigenvalue weighted by Crippen LogP contribution is 2.33. The smallest absolute Gasteiger partial charge is 0.195 e. The van der Waals surface area contributed by atoms with E-state index in [1.807, 2.05) is 60.7 Å². The van der Waals surface area contributed by atoms with E-state index < -0.39 is 0 Å². The fraction of sp³-hybridized carbons (Fsp3) is 0.217.